The Bertz CT molecular complexity index is 497. The highest BCUT2D eigenvalue weighted by Gasteiger charge is 2.08. The first-order valence-corrected chi connectivity index (χ1v) is 5.09. The van der Waals surface area contributed by atoms with Gasteiger partial charge in [-0.05, 0) is 12.1 Å². The fourth-order valence-corrected chi connectivity index (χ4v) is 1.54. The average Bonchev–Trinajstić information content (AvgIpc) is 2.64. The predicted molar refractivity (Wildman–Crippen MR) is 60.0 cm³/mol. The molecule has 0 aromatic carbocycles. The van der Waals surface area contributed by atoms with Crippen LogP contribution in [0, 0.1) is 0 Å². The van der Waals surface area contributed by atoms with Crippen LogP contribution in [-0.4, -0.2) is 26.9 Å². The van der Waals surface area contributed by atoms with Gasteiger partial charge in [0.1, 0.15) is 10.8 Å². The third-order valence-electron chi connectivity index (χ3n) is 1.98. The van der Waals surface area contributed by atoms with Crippen LogP contribution in [0.25, 0.3) is 11.5 Å². The van der Waals surface area contributed by atoms with Crippen molar-refractivity contribution >= 4 is 11.6 Å². The molecule has 0 unspecified atom stereocenters. The van der Waals surface area contributed by atoms with E-state index in [1.165, 1.54) is 0 Å². The molecule has 0 amide bonds. The van der Waals surface area contributed by atoms with Gasteiger partial charge in [-0.15, -0.1) is 0 Å². The molecule has 0 radical (unpaired) electrons. The summed E-state index contributed by atoms with van der Waals surface area (Å²) in [6.45, 7) is 0.405. The minimum absolute atomic E-state index is 0.391. The van der Waals surface area contributed by atoms with E-state index in [0.717, 1.165) is 5.69 Å². The highest BCUT2D eigenvalue weighted by molar-refractivity contribution is 6.29. The van der Waals surface area contributed by atoms with E-state index in [-0.39, 0.29) is 0 Å². The summed E-state index contributed by atoms with van der Waals surface area (Å²) in [5, 5.41) is 4.61. The molecule has 2 heterocycles. The Morgan fingerprint density at radius 3 is 2.88 bits per heavy atom. The molecule has 0 aliphatic heterocycles. The monoisotopic (exact) mass is 238 g/mol. The molecule has 16 heavy (non-hydrogen) atoms. The van der Waals surface area contributed by atoms with Gasteiger partial charge < -0.3 is 4.74 Å². The molecule has 0 spiro atoms. The summed E-state index contributed by atoms with van der Waals surface area (Å²) in [4.78, 5) is 8.43. The molecule has 2 aromatic heterocycles. The van der Waals surface area contributed by atoms with Crippen LogP contribution in [-0.2, 0) is 18.4 Å². The minimum Gasteiger partial charge on any atom is -0.378 e. The largest absolute Gasteiger partial charge is 0.378 e. The number of methoxy groups -OCH3 is 1. The van der Waals surface area contributed by atoms with E-state index in [2.05, 4.69) is 15.1 Å². The second-order valence-electron chi connectivity index (χ2n) is 3.31. The summed E-state index contributed by atoms with van der Waals surface area (Å²) in [5.74, 6) is 0.514. The highest BCUT2D eigenvalue weighted by Crippen LogP contribution is 2.16. The smallest absolute Gasteiger partial charge is 0.181 e. The molecule has 84 valence electrons. The SMILES string of the molecule is COCc1cc(Cl)nc(-c2ccn(C)n2)n1. The maximum atomic E-state index is 5.90. The van der Waals surface area contributed by atoms with Crippen LogP contribution >= 0.6 is 11.6 Å². The van der Waals surface area contributed by atoms with E-state index in [1.807, 2.05) is 19.3 Å². The minimum atomic E-state index is 0.391. The number of nitrogens with zero attached hydrogens (tertiary/aromatic N) is 4. The Hall–Kier alpha value is -1.46. The topological polar surface area (TPSA) is 52.8 Å². The van der Waals surface area contributed by atoms with Crippen molar-refractivity contribution in [3.05, 3.63) is 29.2 Å². The van der Waals surface area contributed by atoms with Crippen LogP contribution in [0.15, 0.2) is 18.3 Å². The van der Waals surface area contributed by atoms with Gasteiger partial charge in [0.15, 0.2) is 5.82 Å². The predicted octanol–water partition coefficient (Wildman–Crippen LogP) is 1.68. The Labute approximate surface area is 98.0 Å². The van der Waals surface area contributed by atoms with E-state index < -0.39 is 0 Å². The van der Waals surface area contributed by atoms with Gasteiger partial charge in [0.25, 0.3) is 0 Å². The fourth-order valence-electron chi connectivity index (χ4n) is 1.33. The van der Waals surface area contributed by atoms with Gasteiger partial charge in [0.05, 0.1) is 12.3 Å². The molecule has 5 nitrogen and oxygen atoms in total. The zero-order chi connectivity index (χ0) is 11.5. The van der Waals surface area contributed by atoms with Gasteiger partial charge in [-0.3, -0.25) is 4.68 Å². The Kier molecular flexibility index (Phi) is 3.17. The third-order valence-corrected chi connectivity index (χ3v) is 2.18. The van der Waals surface area contributed by atoms with E-state index in [0.29, 0.717) is 23.3 Å². The zero-order valence-electron chi connectivity index (χ0n) is 9.01. The van der Waals surface area contributed by atoms with Crippen molar-refractivity contribution in [2.75, 3.05) is 7.11 Å². The highest BCUT2D eigenvalue weighted by atomic mass is 35.5. The van der Waals surface area contributed by atoms with Crippen molar-refractivity contribution in [1.29, 1.82) is 0 Å². The van der Waals surface area contributed by atoms with E-state index in [9.17, 15) is 0 Å². The van der Waals surface area contributed by atoms with Crippen molar-refractivity contribution in [2.24, 2.45) is 7.05 Å². The number of hydrogen-bond donors (Lipinski definition) is 0. The quantitative estimate of drug-likeness (QED) is 0.764. The summed E-state index contributed by atoms with van der Waals surface area (Å²) < 4.78 is 6.69. The summed E-state index contributed by atoms with van der Waals surface area (Å²) in [6, 6.07) is 3.51. The van der Waals surface area contributed by atoms with E-state index in [1.54, 1.807) is 17.9 Å². The molecule has 0 aliphatic carbocycles. The van der Waals surface area contributed by atoms with Gasteiger partial charge in [0.2, 0.25) is 0 Å². The number of ether oxygens (including phenoxy) is 1. The summed E-state index contributed by atoms with van der Waals surface area (Å²) in [5.41, 5.74) is 1.44. The van der Waals surface area contributed by atoms with Crippen molar-refractivity contribution < 1.29 is 4.74 Å². The first kappa shape index (κ1) is 11.0. The standard InChI is InChI=1S/C10H11ClN4O/c1-15-4-3-8(14-15)10-12-7(6-16-2)5-9(11)13-10/h3-5H,6H2,1-2H3. The fraction of sp³-hybridized carbons (Fsp3) is 0.300. The molecule has 0 saturated carbocycles. The second kappa shape index (κ2) is 4.59. The summed E-state index contributed by atoms with van der Waals surface area (Å²) in [6.07, 6.45) is 1.83. The molecule has 0 aliphatic rings. The van der Waals surface area contributed by atoms with E-state index in [4.69, 9.17) is 16.3 Å². The lowest BCUT2D eigenvalue weighted by Crippen LogP contribution is -1.98. The van der Waals surface area contributed by atoms with Crippen LogP contribution in [0.5, 0.6) is 0 Å². The number of halogens is 1. The Morgan fingerprint density at radius 1 is 1.44 bits per heavy atom. The zero-order valence-corrected chi connectivity index (χ0v) is 9.77. The van der Waals surface area contributed by atoms with E-state index >= 15 is 0 Å². The molecule has 0 fully saturated rings. The maximum Gasteiger partial charge on any atom is 0.181 e. The average molecular weight is 239 g/mol. The lowest BCUT2D eigenvalue weighted by Gasteiger charge is -2.02. The lowest BCUT2D eigenvalue weighted by molar-refractivity contribution is 0.181. The van der Waals surface area contributed by atoms with Gasteiger partial charge in [-0.25, -0.2) is 9.97 Å². The molecular formula is C10H11ClN4O. The van der Waals surface area contributed by atoms with Crippen molar-refractivity contribution in [2.45, 2.75) is 6.61 Å². The van der Waals surface area contributed by atoms with Crippen LogP contribution < -0.4 is 0 Å². The first-order chi connectivity index (χ1) is 7.69. The summed E-state index contributed by atoms with van der Waals surface area (Å²) in [7, 11) is 3.45. The number of rotatable bonds is 3. The molecule has 0 saturated heterocycles. The molecule has 2 rings (SSSR count). The van der Waals surface area contributed by atoms with Gasteiger partial charge in [-0.2, -0.15) is 5.10 Å². The molecule has 2 aromatic rings. The third kappa shape index (κ3) is 2.37. The van der Waals surface area contributed by atoms with Gasteiger partial charge in [-0.1, -0.05) is 11.6 Å². The number of aryl methyl sites for hydroxylation is 1. The lowest BCUT2D eigenvalue weighted by atomic mass is 10.3. The number of hydrogen-bond acceptors (Lipinski definition) is 4. The first-order valence-electron chi connectivity index (χ1n) is 4.71. The molecule has 0 atom stereocenters. The van der Waals surface area contributed by atoms with Crippen LogP contribution in [0.4, 0.5) is 0 Å². The second-order valence-corrected chi connectivity index (χ2v) is 3.70. The normalized spacial score (nSPS) is 10.7. The Morgan fingerprint density at radius 2 is 2.25 bits per heavy atom. The Balaban J connectivity index is 2.40. The van der Waals surface area contributed by atoms with Crippen molar-refractivity contribution in [1.82, 2.24) is 19.7 Å². The van der Waals surface area contributed by atoms with Crippen LogP contribution in [0.1, 0.15) is 5.69 Å². The van der Waals surface area contributed by atoms with Gasteiger partial charge >= 0.3 is 0 Å². The van der Waals surface area contributed by atoms with Crippen LogP contribution in [0.2, 0.25) is 5.15 Å². The van der Waals surface area contributed by atoms with Gasteiger partial charge in [0, 0.05) is 20.4 Å². The molecule has 0 bridgehead atoms. The van der Waals surface area contributed by atoms with Crippen molar-refractivity contribution in [3.63, 3.8) is 0 Å². The summed E-state index contributed by atoms with van der Waals surface area (Å²) >= 11 is 5.90. The van der Waals surface area contributed by atoms with Crippen LogP contribution in [0.3, 0.4) is 0 Å². The molecular weight excluding hydrogens is 228 g/mol. The number of aromatic nitrogens is 4. The maximum absolute atomic E-state index is 5.90. The molecule has 0 N–H and O–H groups in total. The van der Waals surface area contributed by atoms with Crippen molar-refractivity contribution in [3.8, 4) is 11.5 Å². The molecule has 6 heteroatoms.